The second-order valence-electron chi connectivity index (χ2n) is 4.46. The second kappa shape index (κ2) is 7.52. The highest BCUT2D eigenvalue weighted by Gasteiger charge is 2.09. The fourth-order valence-corrected chi connectivity index (χ4v) is 2.97. The van der Waals surface area contributed by atoms with Crippen LogP contribution in [0.15, 0.2) is 23.4 Å². The molecule has 1 unspecified atom stereocenters. The van der Waals surface area contributed by atoms with Gasteiger partial charge in [0.2, 0.25) is 0 Å². The maximum absolute atomic E-state index is 8.97. The Hall–Kier alpha value is -1.24. The van der Waals surface area contributed by atoms with E-state index in [2.05, 4.69) is 15.3 Å². The third-order valence-corrected chi connectivity index (χ3v) is 4.09. The molecule has 0 radical (unpaired) electrons. The van der Waals surface area contributed by atoms with Crippen LogP contribution in [0.3, 0.4) is 0 Å². The van der Waals surface area contributed by atoms with Crippen LogP contribution in [0.25, 0.3) is 11.0 Å². The first-order chi connectivity index (χ1) is 9.76. The molecule has 0 amide bonds. The maximum atomic E-state index is 8.97. The molecule has 0 saturated carbocycles. The third kappa shape index (κ3) is 3.88. The van der Waals surface area contributed by atoms with Crippen LogP contribution in [0.2, 0.25) is 0 Å². The molecule has 0 fully saturated rings. The van der Waals surface area contributed by atoms with E-state index in [1.807, 2.05) is 32.2 Å². The van der Waals surface area contributed by atoms with Gasteiger partial charge in [0, 0.05) is 24.5 Å². The Morgan fingerprint density at radius 3 is 3.05 bits per heavy atom. The molecule has 0 aliphatic rings. The van der Waals surface area contributed by atoms with Crippen LogP contribution in [0.4, 0.5) is 0 Å². The van der Waals surface area contributed by atoms with Gasteiger partial charge in [0.15, 0.2) is 5.16 Å². The van der Waals surface area contributed by atoms with Crippen molar-refractivity contribution < 1.29 is 9.84 Å². The van der Waals surface area contributed by atoms with Crippen molar-refractivity contribution in [2.45, 2.75) is 24.5 Å². The van der Waals surface area contributed by atoms with Gasteiger partial charge in [-0.1, -0.05) is 11.8 Å². The largest absolute Gasteiger partial charge is 0.494 e. The number of hydrogen-bond acceptors (Lipinski definition) is 5. The van der Waals surface area contributed by atoms with Crippen molar-refractivity contribution in [1.29, 1.82) is 0 Å². The molecule has 0 bridgehead atoms. The van der Waals surface area contributed by atoms with Crippen molar-refractivity contribution in [3.63, 3.8) is 0 Å². The van der Waals surface area contributed by atoms with Crippen LogP contribution in [0, 0.1) is 0 Å². The monoisotopic (exact) mass is 295 g/mol. The van der Waals surface area contributed by atoms with Crippen molar-refractivity contribution in [1.82, 2.24) is 15.3 Å². The zero-order valence-corrected chi connectivity index (χ0v) is 12.7. The summed E-state index contributed by atoms with van der Waals surface area (Å²) in [6.45, 7) is 2.83. The molecule has 1 aromatic heterocycles. The minimum Gasteiger partial charge on any atom is -0.494 e. The summed E-state index contributed by atoms with van der Waals surface area (Å²) in [5, 5.41) is 13.1. The summed E-state index contributed by atoms with van der Waals surface area (Å²) in [6.07, 6.45) is 0.748. The lowest BCUT2D eigenvalue weighted by Gasteiger charge is -2.12. The smallest absolute Gasteiger partial charge is 0.166 e. The van der Waals surface area contributed by atoms with Gasteiger partial charge in [-0.25, -0.2) is 4.98 Å². The molecule has 110 valence electrons. The topological polar surface area (TPSA) is 70.2 Å². The third-order valence-electron chi connectivity index (χ3n) is 3.05. The number of ether oxygens (including phenoxy) is 1. The number of fused-ring (bicyclic) bond motifs is 1. The van der Waals surface area contributed by atoms with Crippen molar-refractivity contribution in [2.75, 3.05) is 26.0 Å². The number of benzene rings is 1. The van der Waals surface area contributed by atoms with E-state index >= 15 is 0 Å². The van der Waals surface area contributed by atoms with Crippen LogP contribution < -0.4 is 10.1 Å². The number of aromatic nitrogens is 2. The van der Waals surface area contributed by atoms with Gasteiger partial charge in [-0.2, -0.15) is 0 Å². The summed E-state index contributed by atoms with van der Waals surface area (Å²) in [5.41, 5.74) is 1.93. The number of H-pyrrole nitrogens is 1. The van der Waals surface area contributed by atoms with Gasteiger partial charge in [-0.15, -0.1) is 0 Å². The van der Waals surface area contributed by atoms with Crippen molar-refractivity contribution in [3.8, 4) is 5.75 Å². The number of nitrogens with one attached hydrogen (secondary N) is 2. The maximum Gasteiger partial charge on any atom is 0.166 e. The van der Waals surface area contributed by atoms with Crippen molar-refractivity contribution in [3.05, 3.63) is 18.2 Å². The highest BCUT2D eigenvalue weighted by Crippen LogP contribution is 2.23. The van der Waals surface area contributed by atoms with E-state index in [4.69, 9.17) is 9.84 Å². The molecule has 2 aromatic rings. The Bertz CT molecular complexity index is 544. The Morgan fingerprint density at radius 2 is 2.35 bits per heavy atom. The summed E-state index contributed by atoms with van der Waals surface area (Å²) in [5.74, 6) is 1.73. The Morgan fingerprint density at radius 1 is 1.50 bits per heavy atom. The molecular formula is C14H21N3O2S. The first kappa shape index (κ1) is 15.2. The molecule has 6 heteroatoms. The number of aliphatic hydroxyl groups is 1. The molecule has 0 saturated heterocycles. The summed E-state index contributed by atoms with van der Waals surface area (Å²) >= 11 is 1.66. The normalized spacial score (nSPS) is 12.8. The SMILES string of the molecule is CCOc1ccc2nc(SCC(CCO)NC)[nH]c2c1. The average molecular weight is 295 g/mol. The lowest BCUT2D eigenvalue weighted by atomic mass is 10.2. The highest BCUT2D eigenvalue weighted by atomic mass is 32.2. The molecule has 0 aliphatic heterocycles. The second-order valence-corrected chi connectivity index (χ2v) is 5.47. The number of aliphatic hydroxyl groups excluding tert-OH is 1. The lowest BCUT2D eigenvalue weighted by molar-refractivity contribution is 0.273. The number of hydrogen-bond donors (Lipinski definition) is 3. The van der Waals surface area contributed by atoms with Crippen LogP contribution in [-0.4, -0.2) is 47.1 Å². The van der Waals surface area contributed by atoms with Gasteiger partial charge in [-0.3, -0.25) is 0 Å². The van der Waals surface area contributed by atoms with Crippen LogP contribution >= 0.6 is 11.8 Å². The van der Waals surface area contributed by atoms with Gasteiger partial charge in [0.05, 0.1) is 17.6 Å². The van der Waals surface area contributed by atoms with E-state index in [-0.39, 0.29) is 12.6 Å². The number of rotatable bonds is 8. The molecule has 3 N–H and O–H groups in total. The van der Waals surface area contributed by atoms with Crippen molar-refractivity contribution >= 4 is 22.8 Å². The predicted octanol–water partition coefficient (Wildman–Crippen LogP) is 2.02. The van der Waals surface area contributed by atoms with Gasteiger partial charge >= 0.3 is 0 Å². The molecule has 1 atom stereocenters. The zero-order chi connectivity index (χ0) is 14.4. The first-order valence-corrected chi connectivity index (χ1v) is 7.78. The molecular weight excluding hydrogens is 274 g/mol. The fourth-order valence-electron chi connectivity index (χ4n) is 1.94. The quantitative estimate of drug-likeness (QED) is 0.650. The Kier molecular flexibility index (Phi) is 5.70. The van der Waals surface area contributed by atoms with Gasteiger partial charge < -0.3 is 20.1 Å². The van der Waals surface area contributed by atoms with E-state index in [9.17, 15) is 0 Å². The molecule has 2 rings (SSSR count). The minimum atomic E-state index is 0.198. The molecule has 1 aromatic carbocycles. The Balaban J connectivity index is 2.03. The van der Waals surface area contributed by atoms with E-state index in [1.165, 1.54) is 0 Å². The van der Waals surface area contributed by atoms with Gasteiger partial charge in [0.25, 0.3) is 0 Å². The van der Waals surface area contributed by atoms with Gasteiger partial charge in [0.1, 0.15) is 5.75 Å². The Labute approximate surface area is 123 Å². The zero-order valence-electron chi connectivity index (χ0n) is 11.8. The van der Waals surface area contributed by atoms with E-state index in [0.29, 0.717) is 6.61 Å². The predicted molar refractivity (Wildman–Crippen MR) is 82.5 cm³/mol. The molecule has 1 heterocycles. The van der Waals surface area contributed by atoms with Crippen LogP contribution in [0.5, 0.6) is 5.75 Å². The summed E-state index contributed by atoms with van der Waals surface area (Å²) < 4.78 is 5.48. The molecule has 20 heavy (non-hydrogen) atoms. The van der Waals surface area contributed by atoms with Gasteiger partial charge in [-0.05, 0) is 32.5 Å². The molecule has 0 aliphatic carbocycles. The number of aromatic amines is 1. The van der Waals surface area contributed by atoms with E-state index < -0.39 is 0 Å². The van der Waals surface area contributed by atoms with Crippen LogP contribution in [0.1, 0.15) is 13.3 Å². The summed E-state index contributed by atoms with van der Waals surface area (Å²) in [4.78, 5) is 7.84. The minimum absolute atomic E-state index is 0.198. The summed E-state index contributed by atoms with van der Waals surface area (Å²) in [7, 11) is 1.91. The molecule has 5 nitrogen and oxygen atoms in total. The van der Waals surface area contributed by atoms with Crippen LogP contribution in [-0.2, 0) is 0 Å². The lowest BCUT2D eigenvalue weighted by Crippen LogP contribution is -2.28. The fraction of sp³-hybridized carbons (Fsp3) is 0.500. The first-order valence-electron chi connectivity index (χ1n) is 6.80. The number of nitrogens with zero attached hydrogens (tertiary/aromatic N) is 1. The highest BCUT2D eigenvalue weighted by molar-refractivity contribution is 7.99. The van der Waals surface area contributed by atoms with Crippen molar-refractivity contribution in [2.24, 2.45) is 0 Å². The number of thioether (sulfide) groups is 1. The van der Waals surface area contributed by atoms with E-state index in [1.54, 1.807) is 11.8 Å². The van der Waals surface area contributed by atoms with E-state index in [0.717, 1.165) is 34.1 Å². The average Bonchev–Trinajstić information content (AvgIpc) is 2.86. The number of imidazole rings is 1. The molecule has 0 spiro atoms. The summed E-state index contributed by atoms with van der Waals surface area (Å²) in [6, 6.07) is 6.16. The standard InChI is InChI=1S/C14H21N3O2S/c1-3-19-11-4-5-12-13(8-11)17-14(16-12)20-9-10(15-2)6-7-18/h4-5,8,10,15,18H,3,6-7,9H2,1-2H3,(H,16,17).